The average molecular weight is 376 g/mol. The van der Waals surface area contributed by atoms with Crippen molar-refractivity contribution in [2.24, 2.45) is 17.8 Å². The van der Waals surface area contributed by atoms with Gasteiger partial charge < -0.3 is 14.8 Å². The lowest BCUT2D eigenvalue weighted by Crippen LogP contribution is -2.33. The number of aromatic hydroxyl groups is 1. The molecule has 3 aliphatic rings. The van der Waals surface area contributed by atoms with Crippen LogP contribution in [-0.4, -0.2) is 21.9 Å². The molecule has 0 saturated heterocycles. The second-order valence-electron chi connectivity index (χ2n) is 7.34. The number of rotatable bonds is 3. The van der Waals surface area contributed by atoms with E-state index in [1.54, 1.807) is 6.07 Å². The van der Waals surface area contributed by atoms with Crippen molar-refractivity contribution in [1.29, 1.82) is 0 Å². The van der Waals surface area contributed by atoms with E-state index in [1.807, 2.05) is 30.8 Å². The molecular weight excluding hydrogens is 354 g/mol. The molecule has 132 valence electrons. The van der Waals surface area contributed by atoms with Crippen LogP contribution >= 0.6 is 23.1 Å². The number of ether oxygens (including phenoxy) is 1. The van der Waals surface area contributed by atoms with Crippen LogP contribution < -0.4 is 9.61 Å². The monoisotopic (exact) mass is 375 g/mol. The molecule has 6 heteroatoms. The van der Waals surface area contributed by atoms with Crippen LogP contribution in [0, 0.1) is 17.8 Å². The van der Waals surface area contributed by atoms with Gasteiger partial charge in [0.05, 0.1) is 11.6 Å². The zero-order valence-corrected chi connectivity index (χ0v) is 15.7. The maximum Gasteiger partial charge on any atom is 0.305 e. The van der Waals surface area contributed by atoms with Gasteiger partial charge in [0.2, 0.25) is 0 Å². The van der Waals surface area contributed by atoms with E-state index in [9.17, 15) is 9.90 Å². The second-order valence-corrected chi connectivity index (χ2v) is 9.54. The van der Waals surface area contributed by atoms with Gasteiger partial charge in [-0.2, -0.15) is 0 Å². The molecule has 1 aromatic heterocycles. The summed E-state index contributed by atoms with van der Waals surface area (Å²) in [6.45, 7) is 2.45. The molecule has 2 bridgehead atoms. The summed E-state index contributed by atoms with van der Waals surface area (Å²) in [7, 11) is 0. The van der Waals surface area contributed by atoms with Gasteiger partial charge in [-0.15, -0.1) is 11.8 Å². The van der Waals surface area contributed by atoms with Gasteiger partial charge in [-0.05, 0) is 61.6 Å². The number of benzene rings is 1. The first-order valence-electron chi connectivity index (χ1n) is 9.01. The highest BCUT2D eigenvalue weighted by atomic mass is 32.2. The number of aromatic nitrogens is 1. The van der Waals surface area contributed by atoms with Gasteiger partial charge in [0, 0.05) is 16.0 Å². The number of hydrogen-bond acceptors (Lipinski definition) is 5. The summed E-state index contributed by atoms with van der Waals surface area (Å²) >= 11 is 3.26. The summed E-state index contributed by atoms with van der Waals surface area (Å²) in [5, 5.41) is 11.7. The van der Waals surface area contributed by atoms with Gasteiger partial charge in [0.25, 0.3) is 0 Å². The minimum absolute atomic E-state index is 0.0404. The Morgan fingerprint density at radius 1 is 1.32 bits per heavy atom. The normalized spacial score (nSPS) is 32.4. The lowest BCUT2D eigenvalue weighted by atomic mass is 9.75. The van der Waals surface area contributed by atoms with Gasteiger partial charge >= 0.3 is 4.87 Å². The lowest BCUT2D eigenvalue weighted by Gasteiger charge is -2.40. The molecule has 25 heavy (non-hydrogen) atoms. The van der Waals surface area contributed by atoms with Crippen molar-refractivity contribution < 1.29 is 9.84 Å². The van der Waals surface area contributed by atoms with Crippen molar-refractivity contribution >= 4 is 23.1 Å². The predicted molar refractivity (Wildman–Crippen MR) is 100 cm³/mol. The number of fused-ring (bicyclic) bond motifs is 6. The number of H-pyrrole nitrogens is 1. The second kappa shape index (κ2) is 5.81. The zero-order valence-electron chi connectivity index (χ0n) is 14.0. The van der Waals surface area contributed by atoms with E-state index in [0.717, 1.165) is 16.9 Å². The van der Waals surface area contributed by atoms with Crippen LogP contribution in [0.4, 0.5) is 0 Å². The van der Waals surface area contributed by atoms with Crippen molar-refractivity contribution in [3.63, 3.8) is 0 Å². The van der Waals surface area contributed by atoms with Crippen LogP contribution in [0.15, 0.2) is 28.0 Å². The molecule has 2 fully saturated rings. The molecule has 0 radical (unpaired) electrons. The maximum atomic E-state index is 12.0. The number of phenols is 1. The Hall–Kier alpha value is -1.40. The molecule has 1 aliphatic heterocycles. The highest BCUT2D eigenvalue weighted by Crippen LogP contribution is 2.63. The molecule has 4 nitrogen and oxygen atoms in total. The first-order chi connectivity index (χ1) is 12.2. The van der Waals surface area contributed by atoms with E-state index >= 15 is 0 Å². The fourth-order valence-corrected chi connectivity index (χ4v) is 8.11. The SMILES string of the molecule is CCOc1cc([C@H]2c3sc(=O)[nH]c3S[C@@H]3[C@@H]4CC[C@H](C4)[C@H]23)ccc1O. The molecule has 2 aromatic rings. The minimum atomic E-state index is 0.0404. The Balaban J connectivity index is 1.65. The van der Waals surface area contributed by atoms with Crippen LogP contribution in [0.2, 0.25) is 0 Å². The number of aromatic amines is 1. The minimum Gasteiger partial charge on any atom is -0.504 e. The Morgan fingerprint density at radius 2 is 2.16 bits per heavy atom. The van der Waals surface area contributed by atoms with Crippen molar-refractivity contribution in [1.82, 2.24) is 4.98 Å². The van der Waals surface area contributed by atoms with Crippen LogP contribution in [0.3, 0.4) is 0 Å². The third-order valence-electron chi connectivity index (χ3n) is 6.11. The first-order valence-corrected chi connectivity index (χ1v) is 10.7. The van der Waals surface area contributed by atoms with Gasteiger partial charge in [-0.3, -0.25) is 4.79 Å². The smallest absolute Gasteiger partial charge is 0.305 e. The number of thioether (sulfide) groups is 1. The number of nitrogens with one attached hydrogen (secondary N) is 1. The molecule has 1 aromatic carbocycles. The quantitative estimate of drug-likeness (QED) is 0.844. The lowest BCUT2D eigenvalue weighted by molar-refractivity contribution is 0.302. The van der Waals surface area contributed by atoms with Crippen LogP contribution in [-0.2, 0) is 0 Å². The van der Waals surface area contributed by atoms with Gasteiger partial charge in [-0.25, -0.2) is 0 Å². The summed E-state index contributed by atoms with van der Waals surface area (Å²) in [6, 6.07) is 5.73. The van der Waals surface area contributed by atoms with Crippen LogP contribution in [0.1, 0.15) is 42.5 Å². The molecule has 0 spiro atoms. The summed E-state index contributed by atoms with van der Waals surface area (Å²) in [4.78, 5) is 16.3. The fourth-order valence-electron chi connectivity index (χ4n) is 5.22. The molecule has 2 aliphatic carbocycles. The molecular formula is C19H21NO3S2. The van der Waals surface area contributed by atoms with Crippen molar-refractivity contribution in [2.45, 2.75) is 42.4 Å². The molecule has 5 rings (SSSR count). The van der Waals surface area contributed by atoms with E-state index < -0.39 is 0 Å². The Kier molecular flexibility index (Phi) is 3.68. The summed E-state index contributed by atoms with van der Waals surface area (Å²) in [6.07, 6.45) is 3.97. The Bertz CT molecular complexity index is 874. The van der Waals surface area contributed by atoms with Gasteiger partial charge in [-0.1, -0.05) is 17.4 Å². The maximum absolute atomic E-state index is 12.0. The van der Waals surface area contributed by atoms with Crippen LogP contribution in [0.25, 0.3) is 0 Å². The average Bonchev–Trinajstić information content (AvgIpc) is 3.28. The largest absolute Gasteiger partial charge is 0.504 e. The van der Waals surface area contributed by atoms with Gasteiger partial charge in [0.1, 0.15) is 0 Å². The van der Waals surface area contributed by atoms with Crippen LogP contribution in [0.5, 0.6) is 11.5 Å². The predicted octanol–water partition coefficient (Wildman–Crippen LogP) is 4.19. The van der Waals surface area contributed by atoms with E-state index in [-0.39, 0.29) is 16.5 Å². The molecule has 5 atom stereocenters. The van der Waals surface area contributed by atoms with Crippen molar-refractivity contribution in [2.75, 3.05) is 6.61 Å². The molecule has 0 unspecified atom stereocenters. The Labute approximate surface area is 154 Å². The molecule has 2 N–H and O–H groups in total. The number of thiazole rings is 1. The summed E-state index contributed by atoms with van der Waals surface area (Å²) in [5.74, 6) is 3.08. The van der Waals surface area contributed by atoms with E-state index in [2.05, 4.69) is 4.98 Å². The Morgan fingerprint density at radius 3 is 3.00 bits per heavy atom. The standard InChI is InChI=1S/C19H21NO3S2/c1-2-23-13-8-10(5-6-12(13)21)15-14-9-3-4-11(7-9)16(14)24-18-17(15)25-19(22)20-18/h5-6,8-9,11,14-16,21H,2-4,7H2,1H3,(H,20,22)/t9-,11-,14-,15-,16-/m1/s1. The molecule has 2 saturated carbocycles. The van der Waals surface area contributed by atoms with E-state index in [1.165, 1.54) is 41.0 Å². The zero-order chi connectivity index (χ0) is 17.1. The molecule has 0 amide bonds. The highest BCUT2D eigenvalue weighted by Gasteiger charge is 2.54. The van der Waals surface area contributed by atoms with E-state index in [0.29, 0.717) is 23.5 Å². The summed E-state index contributed by atoms with van der Waals surface area (Å²) in [5.41, 5.74) is 1.17. The van der Waals surface area contributed by atoms with Gasteiger partial charge in [0.15, 0.2) is 11.5 Å². The van der Waals surface area contributed by atoms with Crippen molar-refractivity contribution in [3.05, 3.63) is 38.3 Å². The number of phenolic OH excluding ortho intramolecular Hbond substituents is 1. The third-order valence-corrected chi connectivity index (χ3v) is 8.73. The fraction of sp³-hybridized carbons (Fsp3) is 0.526. The first kappa shape index (κ1) is 15.8. The van der Waals surface area contributed by atoms with E-state index in [4.69, 9.17) is 4.74 Å². The van der Waals surface area contributed by atoms with Crippen molar-refractivity contribution in [3.8, 4) is 11.5 Å². The summed E-state index contributed by atoms with van der Waals surface area (Å²) < 4.78 is 5.61. The third kappa shape index (κ3) is 2.37. The topological polar surface area (TPSA) is 62.3 Å². The molecule has 2 heterocycles. The highest BCUT2D eigenvalue weighted by molar-refractivity contribution is 8.00. The number of hydrogen-bond donors (Lipinski definition) is 2.